The Bertz CT molecular complexity index is 810. The lowest BCUT2D eigenvalue weighted by Crippen LogP contribution is -2.44. The van der Waals surface area contributed by atoms with Crippen LogP contribution in [0.4, 0.5) is 5.69 Å². The predicted molar refractivity (Wildman–Crippen MR) is 138 cm³/mol. The Hall–Kier alpha value is -1.55. The van der Waals surface area contributed by atoms with Crippen molar-refractivity contribution in [1.82, 2.24) is 15.6 Å². The molecule has 6 nitrogen and oxygen atoms in total. The molecule has 0 spiro atoms. The van der Waals surface area contributed by atoms with Crippen molar-refractivity contribution in [1.29, 1.82) is 0 Å². The van der Waals surface area contributed by atoms with Gasteiger partial charge in [-0.25, -0.2) is 9.98 Å². The van der Waals surface area contributed by atoms with Gasteiger partial charge in [-0.3, -0.25) is 0 Å². The van der Waals surface area contributed by atoms with E-state index in [1.165, 1.54) is 9.88 Å². The Morgan fingerprint density at radius 1 is 1.37 bits per heavy atom. The second-order valence-electron chi connectivity index (χ2n) is 7.76. The smallest absolute Gasteiger partial charge is 0.191 e. The van der Waals surface area contributed by atoms with Gasteiger partial charge in [-0.1, -0.05) is 26.0 Å². The molecule has 2 N–H and O–H groups in total. The molecule has 166 valence electrons. The molecule has 2 aromatic rings. The molecule has 0 aliphatic carbocycles. The first kappa shape index (κ1) is 24.7. The van der Waals surface area contributed by atoms with Crippen molar-refractivity contribution in [3.63, 3.8) is 0 Å². The van der Waals surface area contributed by atoms with Gasteiger partial charge in [-0.05, 0) is 31.4 Å². The van der Waals surface area contributed by atoms with Gasteiger partial charge in [0.25, 0.3) is 0 Å². The fourth-order valence-electron chi connectivity index (χ4n) is 3.52. The molecule has 30 heavy (non-hydrogen) atoms. The van der Waals surface area contributed by atoms with Crippen molar-refractivity contribution in [2.75, 3.05) is 31.6 Å². The summed E-state index contributed by atoms with van der Waals surface area (Å²) in [6.07, 6.45) is 4.07. The summed E-state index contributed by atoms with van der Waals surface area (Å²) in [6.45, 7) is 9.99. The fourth-order valence-corrected chi connectivity index (χ4v) is 4.58. The fraction of sp³-hybridized carbons (Fsp3) is 0.545. The molecule has 1 aromatic heterocycles. The Morgan fingerprint density at radius 3 is 2.90 bits per heavy atom. The number of guanidine groups is 1. The molecule has 8 heteroatoms. The molecular formula is C22H34IN5OS. The number of anilines is 1. The number of benzene rings is 1. The van der Waals surface area contributed by atoms with E-state index in [1.54, 1.807) is 18.4 Å². The molecule has 1 aromatic carbocycles. The van der Waals surface area contributed by atoms with Crippen molar-refractivity contribution in [3.8, 4) is 5.75 Å². The molecule has 1 saturated heterocycles. The van der Waals surface area contributed by atoms with Gasteiger partial charge in [0.15, 0.2) is 5.96 Å². The first-order chi connectivity index (χ1) is 14.1. The van der Waals surface area contributed by atoms with Crippen molar-refractivity contribution in [3.05, 3.63) is 40.3 Å². The lowest BCUT2D eigenvalue weighted by Gasteiger charge is -2.22. The maximum atomic E-state index is 5.52. The number of ether oxygens (including phenoxy) is 1. The number of thiazole rings is 1. The van der Waals surface area contributed by atoms with Crippen LogP contribution in [-0.2, 0) is 13.0 Å². The number of hydrogen-bond acceptors (Lipinski definition) is 5. The zero-order valence-electron chi connectivity index (χ0n) is 18.4. The van der Waals surface area contributed by atoms with Crippen LogP contribution < -0.4 is 20.3 Å². The SMILES string of the molecule is CCNC(=NCc1cnc(CC(C)C)s1)NC1CCN(c2ccccc2OC)C1.I. The third-order valence-corrected chi connectivity index (χ3v) is 5.88. The average molecular weight is 544 g/mol. The number of halogens is 1. The van der Waals surface area contributed by atoms with Crippen molar-refractivity contribution >= 4 is 47.0 Å². The van der Waals surface area contributed by atoms with Crippen LogP contribution in [0.2, 0.25) is 0 Å². The average Bonchev–Trinajstić information content (AvgIpc) is 3.35. The van der Waals surface area contributed by atoms with Crippen LogP contribution in [0.5, 0.6) is 5.75 Å². The molecule has 1 aliphatic heterocycles. The van der Waals surface area contributed by atoms with Gasteiger partial charge in [0.2, 0.25) is 0 Å². The highest BCUT2D eigenvalue weighted by atomic mass is 127. The van der Waals surface area contributed by atoms with Crippen molar-refractivity contribution in [2.45, 2.75) is 46.2 Å². The zero-order valence-corrected chi connectivity index (χ0v) is 21.5. The van der Waals surface area contributed by atoms with Gasteiger partial charge in [0, 0.05) is 43.2 Å². The number of methoxy groups -OCH3 is 1. The molecule has 2 heterocycles. The number of aromatic nitrogens is 1. The first-order valence-electron chi connectivity index (χ1n) is 10.5. The minimum absolute atomic E-state index is 0. The topological polar surface area (TPSA) is 61.8 Å². The lowest BCUT2D eigenvalue weighted by atomic mass is 10.1. The van der Waals surface area contributed by atoms with E-state index in [0.29, 0.717) is 18.5 Å². The Labute approximate surface area is 201 Å². The highest BCUT2D eigenvalue weighted by molar-refractivity contribution is 14.0. The Morgan fingerprint density at radius 2 is 2.17 bits per heavy atom. The van der Waals surface area contributed by atoms with Crippen LogP contribution in [0.3, 0.4) is 0 Å². The maximum Gasteiger partial charge on any atom is 0.191 e. The van der Waals surface area contributed by atoms with E-state index >= 15 is 0 Å². The van der Waals surface area contributed by atoms with Crippen molar-refractivity contribution < 1.29 is 4.74 Å². The van der Waals surface area contributed by atoms with E-state index in [0.717, 1.165) is 49.9 Å². The molecule has 0 bridgehead atoms. The summed E-state index contributed by atoms with van der Waals surface area (Å²) in [5, 5.41) is 8.18. The number of nitrogens with one attached hydrogen (secondary N) is 2. The van der Waals surface area contributed by atoms with Gasteiger partial charge in [-0.15, -0.1) is 35.3 Å². The number of nitrogens with zero attached hydrogens (tertiary/aromatic N) is 3. The molecule has 0 amide bonds. The van der Waals surface area contributed by atoms with E-state index in [1.807, 2.05) is 18.3 Å². The molecule has 3 rings (SSSR count). The second kappa shape index (κ2) is 12.3. The summed E-state index contributed by atoms with van der Waals surface area (Å²) in [7, 11) is 1.73. The zero-order chi connectivity index (χ0) is 20.6. The summed E-state index contributed by atoms with van der Waals surface area (Å²) < 4.78 is 5.52. The number of hydrogen-bond donors (Lipinski definition) is 2. The summed E-state index contributed by atoms with van der Waals surface area (Å²) >= 11 is 1.77. The monoisotopic (exact) mass is 543 g/mol. The molecule has 1 fully saturated rings. The third-order valence-electron chi connectivity index (χ3n) is 4.88. The first-order valence-corrected chi connectivity index (χ1v) is 11.3. The van der Waals surface area contributed by atoms with Crippen molar-refractivity contribution in [2.24, 2.45) is 10.9 Å². The summed E-state index contributed by atoms with van der Waals surface area (Å²) in [5.74, 6) is 2.43. The standard InChI is InChI=1S/C22H33N5OS.HI/c1-5-23-22(25-14-18-13-24-21(29-18)12-16(2)3)26-17-10-11-27(15-17)19-8-6-7-9-20(19)28-4;/h6-9,13,16-17H,5,10-12,14-15H2,1-4H3,(H2,23,25,26);1H. The van der Waals surface area contributed by atoms with E-state index in [9.17, 15) is 0 Å². The van der Waals surface area contributed by atoms with E-state index in [-0.39, 0.29) is 24.0 Å². The third kappa shape index (κ3) is 7.01. The van der Waals surface area contributed by atoms with Gasteiger partial charge < -0.3 is 20.3 Å². The molecular weight excluding hydrogens is 509 g/mol. The summed E-state index contributed by atoms with van der Waals surface area (Å²) in [5.41, 5.74) is 1.16. The molecule has 1 unspecified atom stereocenters. The quantitative estimate of drug-likeness (QED) is 0.296. The summed E-state index contributed by atoms with van der Waals surface area (Å²) in [4.78, 5) is 12.9. The highest BCUT2D eigenvalue weighted by Gasteiger charge is 2.25. The largest absolute Gasteiger partial charge is 0.495 e. The maximum absolute atomic E-state index is 5.52. The van der Waals surface area contributed by atoms with Gasteiger partial charge in [-0.2, -0.15) is 0 Å². The minimum atomic E-state index is 0. The van der Waals surface area contributed by atoms with Crippen LogP contribution in [-0.4, -0.2) is 43.7 Å². The molecule has 1 aliphatic rings. The number of aliphatic imine (C=N–C) groups is 1. The van der Waals surface area contributed by atoms with Crippen LogP contribution in [0.25, 0.3) is 0 Å². The molecule has 0 radical (unpaired) electrons. The van der Waals surface area contributed by atoms with Crippen LogP contribution in [0.1, 0.15) is 37.1 Å². The van der Waals surface area contributed by atoms with Gasteiger partial charge in [0.1, 0.15) is 5.75 Å². The van der Waals surface area contributed by atoms with Crippen LogP contribution in [0.15, 0.2) is 35.5 Å². The second-order valence-corrected chi connectivity index (χ2v) is 8.96. The van der Waals surface area contributed by atoms with E-state index in [2.05, 4.69) is 53.4 Å². The van der Waals surface area contributed by atoms with E-state index < -0.39 is 0 Å². The van der Waals surface area contributed by atoms with Crippen LogP contribution >= 0.6 is 35.3 Å². The number of rotatable bonds is 8. The van der Waals surface area contributed by atoms with Gasteiger partial charge in [0.05, 0.1) is 24.3 Å². The highest BCUT2D eigenvalue weighted by Crippen LogP contribution is 2.30. The Balaban J connectivity index is 0.00000320. The molecule has 1 atom stereocenters. The lowest BCUT2D eigenvalue weighted by molar-refractivity contribution is 0.415. The normalized spacial score (nSPS) is 16.5. The Kier molecular flexibility index (Phi) is 10.2. The minimum Gasteiger partial charge on any atom is -0.495 e. The van der Waals surface area contributed by atoms with Crippen LogP contribution in [0, 0.1) is 5.92 Å². The van der Waals surface area contributed by atoms with Gasteiger partial charge >= 0.3 is 0 Å². The summed E-state index contributed by atoms with van der Waals surface area (Å²) in [6, 6.07) is 8.57. The number of para-hydroxylation sites is 2. The predicted octanol–water partition coefficient (Wildman–Crippen LogP) is 4.30. The van der Waals surface area contributed by atoms with E-state index in [4.69, 9.17) is 9.73 Å². The molecule has 0 saturated carbocycles.